The van der Waals surface area contributed by atoms with Crippen LogP contribution in [0.1, 0.15) is 32.6 Å². The first-order chi connectivity index (χ1) is 10.1. The molecule has 1 aromatic carbocycles. The van der Waals surface area contributed by atoms with Gasteiger partial charge in [-0.15, -0.1) is 0 Å². The lowest BCUT2D eigenvalue weighted by Gasteiger charge is -2.16. The van der Waals surface area contributed by atoms with Crippen molar-refractivity contribution in [2.24, 2.45) is 0 Å². The van der Waals surface area contributed by atoms with Gasteiger partial charge in [-0.2, -0.15) is 0 Å². The molecule has 0 aliphatic heterocycles. The molecule has 1 aliphatic carbocycles. The molecule has 0 heterocycles. The summed E-state index contributed by atoms with van der Waals surface area (Å²) in [6.07, 6.45) is 4.58. The van der Waals surface area contributed by atoms with E-state index in [9.17, 15) is 10.1 Å². The largest absolute Gasteiger partial charge is 0.494 e. The van der Waals surface area contributed by atoms with Crippen molar-refractivity contribution in [3.63, 3.8) is 0 Å². The molecule has 21 heavy (non-hydrogen) atoms. The smallest absolute Gasteiger partial charge is 0.296 e. The van der Waals surface area contributed by atoms with E-state index in [1.54, 1.807) is 12.1 Å². The third-order valence-electron chi connectivity index (χ3n) is 3.42. The van der Waals surface area contributed by atoms with Crippen LogP contribution in [0, 0.1) is 10.1 Å². The van der Waals surface area contributed by atoms with Gasteiger partial charge >= 0.3 is 0 Å². The molecule has 0 spiro atoms. The molecule has 2 N–H and O–H groups in total. The first kappa shape index (κ1) is 15.5. The van der Waals surface area contributed by atoms with Crippen molar-refractivity contribution in [3.05, 3.63) is 28.3 Å². The van der Waals surface area contributed by atoms with E-state index in [2.05, 4.69) is 10.6 Å². The van der Waals surface area contributed by atoms with Crippen LogP contribution in [0.2, 0.25) is 0 Å². The number of hydrogen-bond donors (Lipinski definition) is 2. The molecule has 0 saturated heterocycles. The average Bonchev–Trinajstić information content (AvgIpc) is 2.93. The van der Waals surface area contributed by atoms with Gasteiger partial charge in [-0.1, -0.05) is 12.8 Å². The number of hydrogen-bond acceptors (Lipinski definition) is 4. The third-order valence-corrected chi connectivity index (χ3v) is 3.64. The molecule has 1 saturated carbocycles. The van der Waals surface area contributed by atoms with E-state index in [1.807, 2.05) is 6.92 Å². The lowest BCUT2D eigenvalue weighted by Crippen LogP contribution is -2.36. The van der Waals surface area contributed by atoms with Crippen LogP contribution in [0.3, 0.4) is 0 Å². The molecule has 114 valence electrons. The maximum atomic E-state index is 11.2. The van der Waals surface area contributed by atoms with Crippen molar-refractivity contribution in [2.45, 2.75) is 38.6 Å². The number of nitro benzene ring substituents is 1. The first-order valence-electron chi connectivity index (χ1n) is 7.09. The molecule has 0 atom stereocenters. The second kappa shape index (κ2) is 7.21. The van der Waals surface area contributed by atoms with Gasteiger partial charge in [0.1, 0.15) is 11.4 Å². The van der Waals surface area contributed by atoms with E-state index in [-0.39, 0.29) is 5.69 Å². The zero-order chi connectivity index (χ0) is 15.2. The fourth-order valence-electron chi connectivity index (χ4n) is 2.44. The highest BCUT2D eigenvalue weighted by Gasteiger charge is 2.19. The summed E-state index contributed by atoms with van der Waals surface area (Å²) in [6, 6.07) is 5.08. The molecule has 0 bridgehead atoms. The van der Waals surface area contributed by atoms with Crippen molar-refractivity contribution < 1.29 is 9.66 Å². The number of benzene rings is 1. The van der Waals surface area contributed by atoms with Gasteiger partial charge in [0.15, 0.2) is 5.11 Å². The van der Waals surface area contributed by atoms with Gasteiger partial charge in [0.05, 0.1) is 17.6 Å². The molecule has 0 amide bonds. The van der Waals surface area contributed by atoms with E-state index in [0.29, 0.717) is 29.2 Å². The van der Waals surface area contributed by atoms with Crippen LogP contribution in [0.5, 0.6) is 5.75 Å². The van der Waals surface area contributed by atoms with E-state index in [1.165, 1.54) is 18.9 Å². The second-order valence-corrected chi connectivity index (χ2v) is 5.36. The van der Waals surface area contributed by atoms with Gasteiger partial charge in [0.2, 0.25) is 0 Å². The molecule has 2 rings (SSSR count). The van der Waals surface area contributed by atoms with Crippen molar-refractivity contribution in [3.8, 4) is 5.75 Å². The minimum Gasteiger partial charge on any atom is -0.494 e. The monoisotopic (exact) mass is 309 g/mol. The zero-order valence-corrected chi connectivity index (χ0v) is 12.7. The minimum absolute atomic E-state index is 0.0449. The summed E-state index contributed by atoms with van der Waals surface area (Å²) in [5.41, 5.74) is 0.329. The van der Waals surface area contributed by atoms with E-state index in [0.717, 1.165) is 12.8 Å². The van der Waals surface area contributed by atoms with Gasteiger partial charge in [0.25, 0.3) is 5.69 Å². The predicted molar refractivity (Wildman–Crippen MR) is 85.9 cm³/mol. The average molecular weight is 309 g/mol. The Morgan fingerprint density at radius 1 is 1.48 bits per heavy atom. The molecule has 0 aromatic heterocycles. The normalized spacial score (nSPS) is 14.7. The number of anilines is 1. The Morgan fingerprint density at radius 2 is 2.19 bits per heavy atom. The van der Waals surface area contributed by atoms with Gasteiger partial charge in [-0.05, 0) is 44.1 Å². The van der Waals surface area contributed by atoms with Crippen LogP contribution in [-0.4, -0.2) is 22.7 Å². The summed E-state index contributed by atoms with van der Waals surface area (Å²) in [5.74, 6) is 0.476. The molecule has 7 heteroatoms. The van der Waals surface area contributed by atoms with Crippen LogP contribution >= 0.6 is 12.2 Å². The predicted octanol–water partition coefficient (Wildman–Crippen LogP) is 3.22. The lowest BCUT2D eigenvalue weighted by molar-refractivity contribution is -0.384. The summed E-state index contributed by atoms with van der Waals surface area (Å²) in [5, 5.41) is 17.7. The van der Waals surface area contributed by atoms with E-state index < -0.39 is 4.92 Å². The number of nitro groups is 1. The fourth-order valence-corrected chi connectivity index (χ4v) is 2.72. The molecule has 6 nitrogen and oxygen atoms in total. The molecule has 1 fully saturated rings. The van der Waals surface area contributed by atoms with Crippen LogP contribution in [0.15, 0.2) is 18.2 Å². The molecule has 1 aliphatic rings. The quantitative estimate of drug-likeness (QED) is 0.494. The number of nitrogens with zero attached hydrogens (tertiary/aromatic N) is 1. The van der Waals surface area contributed by atoms with Crippen molar-refractivity contribution >= 4 is 28.7 Å². The van der Waals surface area contributed by atoms with Crippen molar-refractivity contribution in [2.75, 3.05) is 11.9 Å². The van der Waals surface area contributed by atoms with Gasteiger partial charge in [-0.25, -0.2) is 0 Å². The van der Waals surface area contributed by atoms with Crippen molar-refractivity contribution in [1.29, 1.82) is 0 Å². The Hall–Kier alpha value is -1.89. The van der Waals surface area contributed by atoms with E-state index in [4.69, 9.17) is 17.0 Å². The number of rotatable bonds is 5. The topological polar surface area (TPSA) is 76.4 Å². The Bertz CT molecular complexity index is 530. The molecular formula is C14H19N3O3S. The zero-order valence-electron chi connectivity index (χ0n) is 11.9. The highest BCUT2D eigenvalue weighted by Crippen LogP contribution is 2.29. The van der Waals surface area contributed by atoms with Crippen molar-refractivity contribution in [1.82, 2.24) is 5.32 Å². The number of thiocarbonyl (C=S) groups is 1. The second-order valence-electron chi connectivity index (χ2n) is 4.95. The molecule has 0 radical (unpaired) electrons. The maximum absolute atomic E-state index is 11.2. The number of ether oxygens (including phenoxy) is 1. The maximum Gasteiger partial charge on any atom is 0.296 e. The SMILES string of the molecule is CCOc1ccc(NC(=S)NC2CCCC2)c([N+](=O)[O-])c1. The van der Waals surface area contributed by atoms with Crippen LogP contribution in [0.25, 0.3) is 0 Å². The van der Waals surface area contributed by atoms with E-state index >= 15 is 0 Å². The van der Waals surface area contributed by atoms with Gasteiger partial charge in [0, 0.05) is 6.04 Å². The minimum atomic E-state index is -0.441. The summed E-state index contributed by atoms with van der Waals surface area (Å²) < 4.78 is 5.28. The Morgan fingerprint density at radius 3 is 2.81 bits per heavy atom. The van der Waals surface area contributed by atoms with Gasteiger partial charge < -0.3 is 15.4 Å². The van der Waals surface area contributed by atoms with Crippen LogP contribution in [0.4, 0.5) is 11.4 Å². The summed E-state index contributed by atoms with van der Waals surface area (Å²) >= 11 is 5.23. The summed E-state index contributed by atoms with van der Waals surface area (Å²) in [4.78, 5) is 10.7. The van der Waals surface area contributed by atoms with Crippen LogP contribution < -0.4 is 15.4 Å². The summed E-state index contributed by atoms with van der Waals surface area (Å²) in [7, 11) is 0. The Labute approximate surface area is 129 Å². The highest BCUT2D eigenvalue weighted by atomic mass is 32.1. The molecule has 0 unspecified atom stereocenters. The standard InChI is InChI=1S/C14H19N3O3S/c1-2-20-11-7-8-12(13(9-11)17(18)19)16-14(21)15-10-5-3-4-6-10/h7-10H,2-6H2,1H3,(H2,15,16,21). The fraction of sp³-hybridized carbons (Fsp3) is 0.500. The Balaban J connectivity index is 2.07. The summed E-state index contributed by atoms with van der Waals surface area (Å²) in [6.45, 7) is 2.30. The van der Waals surface area contributed by atoms with Gasteiger partial charge in [-0.3, -0.25) is 10.1 Å². The first-order valence-corrected chi connectivity index (χ1v) is 7.49. The number of nitrogens with one attached hydrogen (secondary N) is 2. The molecular weight excluding hydrogens is 290 g/mol. The molecule has 1 aromatic rings. The Kier molecular flexibility index (Phi) is 5.32. The van der Waals surface area contributed by atoms with Crippen LogP contribution in [-0.2, 0) is 0 Å². The highest BCUT2D eigenvalue weighted by molar-refractivity contribution is 7.80. The third kappa shape index (κ3) is 4.29. The lowest BCUT2D eigenvalue weighted by atomic mass is 10.2.